The first-order valence-electron chi connectivity index (χ1n) is 6.20. The molecule has 2 N–H and O–H groups in total. The molecule has 0 saturated heterocycles. The SMILES string of the molecule is CN(C)CC(=O)N[C@@H](CCc1ccccc1)C(=O)O. The molecule has 5 heteroatoms. The van der Waals surface area contributed by atoms with Crippen molar-refractivity contribution >= 4 is 11.9 Å². The topological polar surface area (TPSA) is 69.6 Å². The van der Waals surface area contributed by atoms with Crippen LogP contribution in [0.4, 0.5) is 0 Å². The number of rotatable bonds is 7. The van der Waals surface area contributed by atoms with E-state index in [0.717, 1.165) is 5.56 Å². The van der Waals surface area contributed by atoms with Crippen LogP contribution in [-0.2, 0) is 16.0 Å². The Hall–Kier alpha value is -1.88. The van der Waals surface area contributed by atoms with Crippen LogP contribution < -0.4 is 5.32 Å². The van der Waals surface area contributed by atoms with Crippen molar-refractivity contribution in [3.63, 3.8) is 0 Å². The van der Waals surface area contributed by atoms with E-state index in [1.807, 2.05) is 30.3 Å². The highest BCUT2D eigenvalue weighted by Crippen LogP contribution is 2.05. The summed E-state index contributed by atoms with van der Waals surface area (Å²) in [6.07, 6.45) is 1.01. The molecule has 0 unspecified atom stereocenters. The number of benzene rings is 1. The number of nitrogens with zero attached hydrogens (tertiary/aromatic N) is 1. The van der Waals surface area contributed by atoms with Crippen LogP contribution >= 0.6 is 0 Å². The molecule has 0 fully saturated rings. The van der Waals surface area contributed by atoms with Crippen molar-refractivity contribution in [2.75, 3.05) is 20.6 Å². The first kappa shape index (κ1) is 15.2. The van der Waals surface area contributed by atoms with Crippen molar-refractivity contribution in [1.82, 2.24) is 10.2 Å². The molecule has 0 spiro atoms. The second-order valence-corrected chi connectivity index (χ2v) is 4.72. The standard InChI is InChI=1S/C14H20N2O3/c1-16(2)10-13(17)15-12(14(18)19)9-8-11-6-4-3-5-7-11/h3-7,12H,8-10H2,1-2H3,(H,15,17)(H,18,19)/t12-/m0/s1. The number of amides is 1. The fourth-order valence-electron chi connectivity index (χ4n) is 1.74. The van der Waals surface area contributed by atoms with Crippen molar-refractivity contribution in [3.8, 4) is 0 Å². The monoisotopic (exact) mass is 264 g/mol. The Labute approximate surface area is 113 Å². The van der Waals surface area contributed by atoms with E-state index < -0.39 is 12.0 Å². The summed E-state index contributed by atoms with van der Waals surface area (Å²) in [5.41, 5.74) is 1.07. The van der Waals surface area contributed by atoms with Gasteiger partial charge in [0, 0.05) is 0 Å². The summed E-state index contributed by atoms with van der Waals surface area (Å²) in [4.78, 5) is 24.4. The zero-order chi connectivity index (χ0) is 14.3. The third-order valence-electron chi connectivity index (χ3n) is 2.66. The van der Waals surface area contributed by atoms with E-state index in [4.69, 9.17) is 5.11 Å². The van der Waals surface area contributed by atoms with Gasteiger partial charge >= 0.3 is 5.97 Å². The number of carboxylic acid groups (broad SMARTS) is 1. The van der Waals surface area contributed by atoms with Gasteiger partial charge in [-0.15, -0.1) is 0 Å². The number of hydrogen-bond donors (Lipinski definition) is 2. The highest BCUT2D eigenvalue weighted by atomic mass is 16.4. The first-order chi connectivity index (χ1) is 8.99. The van der Waals surface area contributed by atoms with Crippen LogP contribution in [0.2, 0.25) is 0 Å². The first-order valence-corrected chi connectivity index (χ1v) is 6.20. The minimum atomic E-state index is -0.997. The number of aryl methyl sites for hydroxylation is 1. The lowest BCUT2D eigenvalue weighted by molar-refractivity contribution is -0.142. The summed E-state index contributed by atoms with van der Waals surface area (Å²) < 4.78 is 0. The van der Waals surface area contributed by atoms with E-state index in [-0.39, 0.29) is 12.5 Å². The van der Waals surface area contributed by atoms with Crippen LogP contribution in [0.1, 0.15) is 12.0 Å². The van der Waals surface area contributed by atoms with Crippen molar-refractivity contribution in [3.05, 3.63) is 35.9 Å². The molecule has 5 nitrogen and oxygen atoms in total. The molecule has 1 aromatic rings. The second-order valence-electron chi connectivity index (χ2n) is 4.72. The predicted molar refractivity (Wildman–Crippen MR) is 72.9 cm³/mol. The lowest BCUT2D eigenvalue weighted by atomic mass is 10.1. The van der Waals surface area contributed by atoms with Gasteiger partial charge in [0.05, 0.1) is 6.54 Å². The third kappa shape index (κ3) is 6.01. The maximum Gasteiger partial charge on any atom is 0.326 e. The Bertz CT molecular complexity index is 418. The van der Waals surface area contributed by atoms with Crippen LogP contribution in [0.3, 0.4) is 0 Å². The molecule has 1 amide bonds. The van der Waals surface area contributed by atoms with Crippen molar-refractivity contribution in [2.24, 2.45) is 0 Å². The number of carboxylic acids is 1. The largest absolute Gasteiger partial charge is 0.480 e. The molecule has 0 aromatic heterocycles. The van der Waals surface area contributed by atoms with E-state index >= 15 is 0 Å². The minimum Gasteiger partial charge on any atom is -0.480 e. The zero-order valence-electron chi connectivity index (χ0n) is 11.3. The van der Waals surface area contributed by atoms with Gasteiger partial charge in [-0.25, -0.2) is 4.79 Å². The fraction of sp³-hybridized carbons (Fsp3) is 0.429. The molecule has 0 aliphatic heterocycles. The van der Waals surface area contributed by atoms with Gasteiger partial charge in [-0.1, -0.05) is 30.3 Å². The van der Waals surface area contributed by atoms with Crippen LogP contribution in [-0.4, -0.2) is 48.6 Å². The Morgan fingerprint density at radius 3 is 2.42 bits per heavy atom. The van der Waals surface area contributed by atoms with E-state index in [9.17, 15) is 9.59 Å². The second kappa shape index (κ2) is 7.53. The molecule has 1 rings (SSSR count). The highest BCUT2D eigenvalue weighted by molar-refractivity contribution is 5.84. The fourth-order valence-corrected chi connectivity index (χ4v) is 1.74. The molecule has 0 saturated carbocycles. The van der Waals surface area contributed by atoms with Gasteiger partial charge in [-0.2, -0.15) is 0 Å². The van der Waals surface area contributed by atoms with Gasteiger partial charge in [0.25, 0.3) is 0 Å². The van der Waals surface area contributed by atoms with Crippen molar-refractivity contribution in [1.29, 1.82) is 0 Å². The van der Waals surface area contributed by atoms with Gasteiger partial charge in [0.1, 0.15) is 6.04 Å². The van der Waals surface area contributed by atoms with Crippen LogP contribution in [0.15, 0.2) is 30.3 Å². The molecule has 0 bridgehead atoms. The van der Waals surface area contributed by atoms with Crippen LogP contribution in [0.25, 0.3) is 0 Å². The van der Waals surface area contributed by atoms with Crippen LogP contribution in [0.5, 0.6) is 0 Å². The Balaban J connectivity index is 2.49. The van der Waals surface area contributed by atoms with Gasteiger partial charge < -0.3 is 15.3 Å². The van der Waals surface area contributed by atoms with Gasteiger partial charge in [-0.05, 0) is 32.5 Å². The quantitative estimate of drug-likeness (QED) is 0.762. The van der Waals surface area contributed by atoms with Crippen molar-refractivity contribution in [2.45, 2.75) is 18.9 Å². The van der Waals surface area contributed by atoms with Crippen LogP contribution in [0, 0.1) is 0 Å². The smallest absolute Gasteiger partial charge is 0.326 e. The molecular formula is C14H20N2O3. The number of aliphatic carboxylic acids is 1. The lowest BCUT2D eigenvalue weighted by Crippen LogP contribution is -2.44. The molecular weight excluding hydrogens is 244 g/mol. The molecule has 0 aliphatic rings. The Kier molecular flexibility index (Phi) is 6.02. The van der Waals surface area contributed by atoms with Gasteiger partial charge in [0.2, 0.25) is 5.91 Å². The predicted octanol–water partition coefficient (Wildman–Crippen LogP) is 0.750. The molecule has 0 heterocycles. The summed E-state index contributed by atoms with van der Waals surface area (Å²) in [6.45, 7) is 0.190. The average molecular weight is 264 g/mol. The number of likely N-dealkylation sites (N-methyl/N-ethyl adjacent to an activating group) is 1. The Morgan fingerprint density at radius 1 is 1.26 bits per heavy atom. The number of hydrogen-bond acceptors (Lipinski definition) is 3. The maximum atomic E-state index is 11.6. The maximum absolute atomic E-state index is 11.6. The van der Waals surface area contributed by atoms with Crippen molar-refractivity contribution < 1.29 is 14.7 Å². The molecule has 1 atom stereocenters. The summed E-state index contributed by atoms with van der Waals surface area (Å²) in [6, 6.07) is 8.79. The molecule has 104 valence electrons. The Morgan fingerprint density at radius 2 is 1.89 bits per heavy atom. The van der Waals surface area contributed by atoms with E-state index in [0.29, 0.717) is 12.8 Å². The molecule has 0 radical (unpaired) electrons. The van der Waals surface area contributed by atoms with E-state index in [2.05, 4.69) is 5.32 Å². The van der Waals surface area contributed by atoms with E-state index in [1.165, 1.54) is 0 Å². The number of nitrogens with one attached hydrogen (secondary N) is 1. The third-order valence-corrected chi connectivity index (χ3v) is 2.66. The number of carbonyl (C=O) groups is 2. The summed E-state index contributed by atoms with van der Waals surface area (Å²) in [7, 11) is 3.53. The molecule has 19 heavy (non-hydrogen) atoms. The highest BCUT2D eigenvalue weighted by Gasteiger charge is 2.19. The van der Waals surface area contributed by atoms with Gasteiger partial charge in [-0.3, -0.25) is 4.79 Å². The summed E-state index contributed by atoms with van der Waals surface area (Å²) in [5, 5.41) is 11.6. The zero-order valence-corrected chi connectivity index (χ0v) is 11.3. The van der Waals surface area contributed by atoms with Gasteiger partial charge in [0.15, 0.2) is 0 Å². The molecule has 1 aromatic carbocycles. The normalized spacial score (nSPS) is 12.2. The minimum absolute atomic E-state index is 0.190. The van der Waals surface area contributed by atoms with E-state index in [1.54, 1.807) is 19.0 Å². The lowest BCUT2D eigenvalue weighted by Gasteiger charge is -2.16. The molecule has 0 aliphatic carbocycles. The summed E-state index contributed by atoms with van der Waals surface area (Å²) in [5.74, 6) is -1.27. The average Bonchev–Trinajstić information content (AvgIpc) is 2.34. The number of carbonyl (C=O) groups excluding carboxylic acids is 1. The summed E-state index contributed by atoms with van der Waals surface area (Å²) >= 11 is 0.